The maximum Gasteiger partial charge on any atom is 0.335 e. The molecule has 0 atom stereocenters. The summed E-state index contributed by atoms with van der Waals surface area (Å²) in [6, 6.07) is 17.2. The highest BCUT2D eigenvalue weighted by atomic mass is 35.5. The summed E-state index contributed by atoms with van der Waals surface area (Å²) in [5, 5.41) is 10.3. The number of ether oxygens (including phenoxy) is 2. The number of carbonyl (C=O) groups is 1. The van der Waals surface area contributed by atoms with E-state index in [4.69, 9.17) is 32.7 Å². The number of benzene rings is 3. The number of aromatic nitrogens is 2. The summed E-state index contributed by atoms with van der Waals surface area (Å²) in [7, 11) is 0. The van der Waals surface area contributed by atoms with Crippen molar-refractivity contribution in [2.24, 2.45) is 0 Å². The minimum absolute atomic E-state index is 0.0864. The van der Waals surface area contributed by atoms with Gasteiger partial charge in [0.25, 0.3) is 0 Å². The number of hydrogen-bond donors (Lipinski definition) is 2. The number of imidazole rings is 1. The molecule has 8 heteroatoms. The van der Waals surface area contributed by atoms with Gasteiger partial charge in [-0.1, -0.05) is 41.4 Å². The molecule has 0 amide bonds. The van der Waals surface area contributed by atoms with Gasteiger partial charge in [0.2, 0.25) is 0 Å². The number of H-pyrrole nitrogens is 1. The predicted molar refractivity (Wildman–Crippen MR) is 115 cm³/mol. The molecule has 0 radical (unpaired) electrons. The van der Waals surface area contributed by atoms with Gasteiger partial charge in [-0.05, 0) is 42.5 Å². The molecule has 4 aromatic rings. The normalized spacial score (nSPS) is 10.9. The van der Waals surface area contributed by atoms with Crippen molar-refractivity contribution >= 4 is 40.2 Å². The average molecular weight is 443 g/mol. The highest BCUT2D eigenvalue weighted by Gasteiger charge is 2.13. The van der Waals surface area contributed by atoms with Crippen LogP contribution in [0.2, 0.25) is 10.0 Å². The van der Waals surface area contributed by atoms with Gasteiger partial charge in [0.15, 0.2) is 11.5 Å². The lowest BCUT2D eigenvalue weighted by Crippen LogP contribution is -2.04. The van der Waals surface area contributed by atoms with Crippen molar-refractivity contribution in [1.82, 2.24) is 9.97 Å². The minimum atomic E-state index is -1.06. The van der Waals surface area contributed by atoms with Crippen LogP contribution in [0.25, 0.3) is 11.0 Å². The van der Waals surface area contributed by atoms with Crippen LogP contribution in [0.1, 0.15) is 21.7 Å². The van der Waals surface area contributed by atoms with Crippen molar-refractivity contribution in [3.05, 3.63) is 87.7 Å². The lowest BCUT2D eigenvalue weighted by atomic mass is 10.2. The first-order chi connectivity index (χ1) is 14.5. The zero-order valence-electron chi connectivity index (χ0n) is 15.6. The van der Waals surface area contributed by atoms with Crippen LogP contribution in [0.15, 0.2) is 60.7 Å². The molecular formula is C22H16Cl2N2O4. The van der Waals surface area contributed by atoms with Crippen molar-refractivity contribution < 1.29 is 19.4 Å². The Morgan fingerprint density at radius 1 is 0.967 bits per heavy atom. The lowest BCUT2D eigenvalue weighted by molar-refractivity contribution is 0.0696. The van der Waals surface area contributed by atoms with Crippen molar-refractivity contribution in [1.29, 1.82) is 0 Å². The SMILES string of the molecule is O=C(O)c1ccc(OCc2nc3ccccc3[nH]2)c(OCc2ccc(Cl)cc2Cl)c1. The van der Waals surface area contributed by atoms with Gasteiger partial charge < -0.3 is 19.6 Å². The fraction of sp³-hybridized carbons (Fsp3) is 0.0909. The lowest BCUT2D eigenvalue weighted by Gasteiger charge is -2.14. The summed E-state index contributed by atoms with van der Waals surface area (Å²) < 4.78 is 11.7. The number of aromatic amines is 1. The van der Waals surface area contributed by atoms with E-state index in [0.29, 0.717) is 27.2 Å². The maximum atomic E-state index is 11.4. The van der Waals surface area contributed by atoms with Crippen LogP contribution < -0.4 is 9.47 Å². The summed E-state index contributed by atoms with van der Waals surface area (Å²) in [5.41, 5.74) is 2.55. The number of para-hydroxylation sites is 2. The predicted octanol–water partition coefficient (Wildman–Crippen LogP) is 5.73. The molecule has 0 saturated heterocycles. The fourth-order valence-corrected chi connectivity index (χ4v) is 3.35. The third-order valence-corrected chi connectivity index (χ3v) is 4.98. The number of carboxylic acids is 1. The van der Waals surface area contributed by atoms with E-state index in [1.165, 1.54) is 12.1 Å². The Labute approximate surface area is 182 Å². The molecule has 0 aliphatic carbocycles. The van der Waals surface area contributed by atoms with E-state index in [1.807, 2.05) is 24.3 Å². The largest absolute Gasteiger partial charge is 0.485 e. The zero-order chi connectivity index (χ0) is 21.1. The highest BCUT2D eigenvalue weighted by Crippen LogP contribution is 2.31. The van der Waals surface area contributed by atoms with Crippen molar-refractivity contribution in [3.8, 4) is 11.5 Å². The molecule has 0 saturated carbocycles. The summed E-state index contributed by atoms with van der Waals surface area (Å²) in [5.74, 6) is 0.265. The van der Waals surface area contributed by atoms with Crippen LogP contribution in [-0.4, -0.2) is 21.0 Å². The van der Waals surface area contributed by atoms with Gasteiger partial charge >= 0.3 is 5.97 Å². The third kappa shape index (κ3) is 4.50. The van der Waals surface area contributed by atoms with E-state index in [0.717, 1.165) is 11.0 Å². The molecule has 0 spiro atoms. The number of nitrogens with zero attached hydrogens (tertiary/aromatic N) is 1. The van der Waals surface area contributed by atoms with Gasteiger partial charge in [0.05, 0.1) is 16.6 Å². The number of carboxylic acid groups (broad SMARTS) is 1. The monoisotopic (exact) mass is 442 g/mol. The molecule has 1 aromatic heterocycles. The summed E-state index contributed by atoms with van der Waals surface area (Å²) in [6.45, 7) is 0.291. The minimum Gasteiger partial charge on any atom is -0.485 e. The zero-order valence-corrected chi connectivity index (χ0v) is 17.1. The van der Waals surface area contributed by atoms with E-state index >= 15 is 0 Å². The Kier molecular flexibility index (Phi) is 5.79. The Morgan fingerprint density at radius 2 is 1.77 bits per heavy atom. The van der Waals surface area contributed by atoms with Gasteiger partial charge in [-0.2, -0.15) is 0 Å². The highest BCUT2D eigenvalue weighted by molar-refractivity contribution is 6.35. The number of aromatic carboxylic acids is 1. The smallest absolute Gasteiger partial charge is 0.335 e. The van der Waals surface area contributed by atoms with E-state index in [-0.39, 0.29) is 24.5 Å². The Morgan fingerprint density at radius 3 is 2.53 bits per heavy atom. The second kappa shape index (κ2) is 8.65. The number of hydrogen-bond acceptors (Lipinski definition) is 4. The molecule has 2 N–H and O–H groups in total. The molecule has 30 heavy (non-hydrogen) atoms. The molecule has 152 valence electrons. The van der Waals surface area contributed by atoms with Gasteiger partial charge in [0, 0.05) is 15.6 Å². The average Bonchev–Trinajstić information content (AvgIpc) is 3.15. The first-order valence-corrected chi connectivity index (χ1v) is 9.75. The molecule has 0 aliphatic heterocycles. The van der Waals surface area contributed by atoms with Gasteiger partial charge in [0.1, 0.15) is 19.0 Å². The van der Waals surface area contributed by atoms with Crippen LogP contribution in [-0.2, 0) is 13.2 Å². The number of rotatable bonds is 7. The molecule has 0 fully saturated rings. The molecule has 0 aliphatic rings. The number of nitrogens with one attached hydrogen (secondary N) is 1. The summed E-state index contributed by atoms with van der Waals surface area (Å²) in [6.07, 6.45) is 0. The Hall–Kier alpha value is -3.22. The first kappa shape index (κ1) is 20.1. The van der Waals surface area contributed by atoms with Crippen LogP contribution >= 0.6 is 23.2 Å². The molecule has 4 rings (SSSR count). The van der Waals surface area contributed by atoms with E-state index in [9.17, 15) is 9.90 Å². The molecule has 0 bridgehead atoms. The second-order valence-electron chi connectivity index (χ2n) is 6.48. The summed E-state index contributed by atoms with van der Waals surface area (Å²) >= 11 is 12.1. The summed E-state index contributed by atoms with van der Waals surface area (Å²) in [4.78, 5) is 19.0. The third-order valence-electron chi connectivity index (χ3n) is 4.39. The molecule has 1 heterocycles. The topological polar surface area (TPSA) is 84.4 Å². The van der Waals surface area contributed by atoms with Crippen molar-refractivity contribution in [2.45, 2.75) is 13.2 Å². The van der Waals surface area contributed by atoms with Gasteiger partial charge in [-0.3, -0.25) is 0 Å². The van der Waals surface area contributed by atoms with E-state index in [2.05, 4.69) is 9.97 Å². The first-order valence-electron chi connectivity index (χ1n) is 9.00. The van der Waals surface area contributed by atoms with Crippen LogP contribution in [0.5, 0.6) is 11.5 Å². The molecule has 3 aromatic carbocycles. The maximum absolute atomic E-state index is 11.4. The quantitative estimate of drug-likeness (QED) is 0.381. The van der Waals surface area contributed by atoms with Gasteiger partial charge in [-0.25, -0.2) is 9.78 Å². The number of fused-ring (bicyclic) bond motifs is 1. The van der Waals surface area contributed by atoms with Crippen LogP contribution in [0.4, 0.5) is 0 Å². The molecule has 6 nitrogen and oxygen atoms in total. The standard InChI is InChI=1S/C22H16Cl2N2O4/c23-15-7-5-14(16(24)10-15)11-29-20-9-13(22(27)28)6-8-19(20)30-12-21-25-17-3-1-2-4-18(17)26-21/h1-10H,11-12H2,(H,25,26)(H,27,28). The fourth-order valence-electron chi connectivity index (χ4n) is 2.89. The van der Waals surface area contributed by atoms with Crippen LogP contribution in [0.3, 0.4) is 0 Å². The molecular weight excluding hydrogens is 427 g/mol. The van der Waals surface area contributed by atoms with Gasteiger partial charge in [-0.15, -0.1) is 0 Å². The molecule has 0 unspecified atom stereocenters. The van der Waals surface area contributed by atoms with E-state index < -0.39 is 5.97 Å². The number of halogens is 2. The van der Waals surface area contributed by atoms with Crippen LogP contribution in [0, 0.1) is 0 Å². The van der Waals surface area contributed by atoms with E-state index in [1.54, 1.807) is 24.3 Å². The Balaban J connectivity index is 1.54. The van der Waals surface area contributed by atoms with Crippen molar-refractivity contribution in [3.63, 3.8) is 0 Å². The Bertz CT molecular complexity index is 1190. The second-order valence-corrected chi connectivity index (χ2v) is 7.32. The van der Waals surface area contributed by atoms with Crippen molar-refractivity contribution in [2.75, 3.05) is 0 Å².